The first kappa shape index (κ1) is 17.1. The first-order valence-electron chi connectivity index (χ1n) is 7.22. The van der Waals surface area contributed by atoms with Crippen LogP contribution in [0.15, 0.2) is 30.3 Å². The molecule has 0 aliphatic heterocycles. The number of aliphatic hydroxyl groups is 1. The number of hydrogen-bond donors (Lipinski definition) is 2. The van der Waals surface area contributed by atoms with Crippen molar-refractivity contribution in [1.82, 2.24) is 5.32 Å². The van der Waals surface area contributed by atoms with E-state index in [1.807, 2.05) is 19.9 Å². The Balaban J connectivity index is 1.96. The van der Waals surface area contributed by atoms with Crippen LogP contribution in [-0.2, 0) is 6.42 Å². The van der Waals surface area contributed by atoms with Gasteiger partial charge < -0.3 is 10.4 Å². The first-order chi connectivity index (χ1) is 10.9. The number of nitro benzene ring substituents is 1. The lowest BCUT2D eigenvalue weighted by atomic mass is 10.1. The molecule has 0 aliphatic rings. The number of aryl methyl sites for hydroxylation is 2. The summed E-state index contributed by atoms with van der Waals surface area (Å²) in [4.78, 5) is 23.9. The number of nitro groups is 1. The Morgan fingerprint density at radius 1 is 1.39 bits per heavy atom. The third-order valence-corrected chi connectivity index (χ3v) is 4.66. The number of nitrogens with zero attached hydrogens (tertiary/aromatic N) is 1. The maximum Gasteiger partial charge on any atom is 0.269 e. The van der Waals surface area contributed by atoms with E-state index in [-0.39, 0.29) is 18.1 Å². The van der Waals surface area contributed by atoms with E-state index >= 15 is 0 Å². The molecule has 1 heterocycles. The number of rotatable bonds is 6. The Morgan fingerprint density at radius 3 is 2.57 bits per heavy atom. The minimum atomic E-state index is -0.911. The fourth-order valence-electron chi connectivity index (χ4n) is 2.20. The van der Waals surface area contributed by atoms with Gasteiger partial charge in [-0.25, -0.2) is 0 Å². The zero-order valence-corrected chi connectivity index (χ0v) is 13.7. The van der Waals surface area contributed by atoms with E-state index < -0.39 is 11.0 Å². The maximum absolute atomic E-state index is 12.1. The van der Waals surface area contributed by atoms with E-state index in [9.17, 15) is 20.0 Å². The van der Waals surface area contributed by atoms with Crippen molar-refractivity contribution in [2.75, 3.05) is 6.54 Å². The molecule has 1 amide bonds. The van der Waals surface area contributed by atoms with Gasteiger partial charge in [-0.1, -0.05) is 6.92 Å². The van der Waals surface area contributed by atoms with Crippen LogP contribution in [0.5, 0.6) is 0 Å². The summed E-state index contributed by atoms with van der Waals surface area (Å²) in [6, 6.07) is 7.50. The van der Waals surface area contributed by atoms with Crippen molar-refractivity contribution in [3.63, 3.8) is 0 Å². The van der Waals surface area contributed by atoms with E-state index in [2.05, 4.69) is 5.32 Å². The van der Waals surface area contributed by atoms with E-state index in [1.165, 1.54) is 35.6 Å². The van der Waals surface area contributed by atoms with Crippen molar-refractivity contribution in [2.45, 2.75) is 26.4 Å². The standard InChI is InChI=1S/C16H18N2O4S/c1-3-11-8-15(23-10(11)2)16(20)17-9-14(19)12-4-6-13(7-5-12)18(21)22/h4-8,14,19H,3,9H2,1-2H3,(H,17,20). The molecule has 2 aromatic rings. The summed E-state index contributed by atoms with van der Waals surface area (Å²) in [5.74, 6) is -0.223. The predicted molar refractivity (Wildman–Crippen MR) is 88.8 cm³/mol. The number of carbonyl (C=O) groups is 1. The second-order valence-corrected chi connectivity index (χ2v) is 6.38. The van der Waals surface area contributed by atoms with Gasteiger partial charge in [0.15, 0.2) is 0 Å². The number of amides is 1. The number of nitrogens with one attached hydrogen (secondary N) is 1. The lowest BCUT2D eigenvalue weighted by Crippen LogP contribution is -2.27. The smallest absolute Gasteiger partial charge is 0.269 e. The molecule has 23 heavy (non-hydrogen) atoms. The molecule has 1 aromatic carbocycles. The monoisotopic (exact) mass is 334 g/mol. The molecule has 0 saturated heterocycles. The fourth-order valence-corrected chi connectivity index (χ4v) is 3.23. The molecule has 6 nitrogen and oxygen atoms in total. The average molecular weight is 334 g/mol. The van der Waals surface area contributed by atoms with Crippen molar-refractivity contribution in [2.24, 2.45) is 0 Å². The Hall–Kier alpha value is -2.25. The highest BCUT2D eigenvalue weighted by Gasteiger charge is 2.15. The summed E-state index contributed by atoms with van der Waals surface area (Å²) in [7, 11) is 0. The molecule has 122 valence electrons. The largest absolute Gasteiger partial charge is 0.387 e. The lowest BCUT2D eigenvalue weighted by Gasteiger charge is -2.11. The zero-order valence-electron chi connectivity index (χ0n) is 12.9. The molecule has 2 N–H and O–H groups in total. The van der Waals surface area contributed by atoms with Gasteiger partial charge in [0.05, 0.1) is 15.9 Å². The van der Waals surface area contributed by atoms with Crippen LogP contribution in [0.1, 0.15) is 38.7 Å². The van der Waals surface area contributed by atoms with Gasteiger partial charge in [0.1, 0.15) is 0 Å². The molecule has 0 saturated carbocycles. The summed E-state index contributed by atoms with van der Waals surface area (Å²) in [5.41, 5.74) is 1.63. The molecule has 0 spiro atoms. The van der Waals surface area contributed by atoms with Crippen LogP contribution in [0, 0.1) is 17.0 Å². The highest BCUT2D eigenvalue weighted by Crippen LogP contribution is 2.22. The topological polar surface area (TPSA) is 92.5 Å². The summed E-state index contributed by atoms with van der Waals surface area (Å²) in [5, 5.41) is 23.4. The van der Waals surface area contributed by atoms with Crippen LogP contribution in [0.2, 0.25) is 0 Å². The SMILES string of the molecule is CCc1cc(C(=O)NCC(O)c2ccc([N+](=O)[O-])cc2)sc1C. The number of thiophene rings is 1. The first-order valence-corrected chi connectivity index (χ1v) is 8.04. The fraction of sp³-hybridized carbons (Fsp3) is 0.312. The van der Waals surface area contributed by atoms with Gasteiger partial charge in [-0.3, -0.25) is 14.9 Å². The summed E-state index contributed by atoms with van der Waals surface area (Å²) < 4.78 is 0. The number of non-ortho nitro benzene ring substituents is 1. The van der Waals surface area contributed by atoms with Crippen LogP contribution in [0.4, 0.5) is 5.69 Å². The quantitative estimate of drug-likeness (QED) is 0.627. The van der Waals surface area contributed by atoms with Gasteiger partial charge in [-0.15, -0.1) is 11.3 Å². The predicted octanol–water partition coefficient (Wildman–Crippen LogP) is 2.99. The summed E-state index contributed by atoms with van der Waals surface area (Å²) in [6.07, 6.45) is -0.0347. The van der Waals surface area contributed by atoms with Crippen LogP contribution < -0.4 is 5.32 Å². The van der Waals surface area contributed by atoms with E-state index in [1.54, 1.807) is 0 Å². The van der Waals surface area contributed by atoms with E-state index in [4.69, 9.17) is 0 Å². The van der Waals surface area contributed by atoms with Gasteiger partial charge in [-0.05, 0) is 42.7 Å². The molecule has 1 atom stereocenters. The average Bonchev–Trinajstić information content (AvgIpc) is 2.93. The molecule has 0 radical (unpaired) electrons. The second kappa shape index (κ2) is 7.34. The third kappa shape index (κ3) is 4.14. The Morgan fingerprint density at radius 2 is 2.04 bits per heavy atom. The molecule has 0 bridgehead atoms. The third-order valence-electron chi connectivity index (χ3n) is 3.57. The molecule has 0 aliphatic carbocycles. The van der Waals surface area contributed by atoms with Crippen LogP contribution >= 0.6 is 11.3 Å². The van der Waals surface area contributed by atoms with E-state index in [0.29, 0.717) is 10.4 Å². The number of carbonyl (C=O) groups excluding carboxylic acids is 1. The van der Waals surface area contributed by atoms with E-state index in [0.717, 1.165) is 16.9 Å². The van der Waals surface area contributed by atoms with Gasteiger partial charge in [0, 0.05) is 23.6 Å². The molecule has 7 heteroatoms. The Labute approximate surface area is 137 Å². The molecule has 1 unspecified atom stereocenters. The number of aliphatic hydroxyl groups excluding tert-OH is 1. The lowest BCUT2D eigenvalue weighted by molar-refractivity contribution is -0.384. The van der Waals surface area contributed by atoms with Crippen molar-refractivity contribution in [3.8, 4) is 0 Å². The van der Waals surface area contributed by atoms with Crippen molar-refractivity contribution in [3.05, 3.63) is 61.3 Å². The van der Waals surface area contributed by atoms with Crippen molar-refractivity contribution in [1.29, 1.82) is 0 Å². The molecular weight excluding hydrogens is 316 g/mol. The second-order valence-electron chi connectivity index (χ2n) is 5.12. The van der Waals surface area contributed by atoms with Gasteiger partial charge in [0.25, 0.3) is 11.6 Å². The Kier molecular flexibility index (Phi) is 5.46. The van der Waals surface area contributed by atoms with Crippen LogP contribution in [-0.4, -0.2) is 22.5 Å². The molecule has 0 fully saturated rings. The minimum Gasteiger partial charge on any atom is -0.387 e. The van der Waals surface area contributed by atoms with Gasteiger partial charge in [0.2, 0.25) is 0 Å². The highest BCUT2D eigenvalue weighted by molar-refractivity contribution is 7.14. The van der Waals surface area contributed by atoms with Crippen LogP contribution in [0.25, 0.3) is 0 Å². The molecule has 1 aromatic heterocycles. The summed E-state index contributed by atoms with van der Waals surface area (Å²) in [6.45, 7) is 4.07. The Bertz CT molecular complexity index is 709. The minimum absolute atomic E-state index is 0.0360. The zero-order chi connectivity index (χ0) is 17.0. The van der Waals surface area contributed by atoms with Gasteiger partial charge >= 0.3 is 0 Å². The van der Waals surface area contributed by atoms with Crippen molar-refractivity contribution < 1.29 is 14.8 Å². The van der Waals surface area contributed by atoms with Gasteiger partial charge in [-0.2, -0.15) is 0 Å². The maximum atomic E-state index is 12.1. The summed E-state index contributed by atoms with van der Waals surface area (Å²) >= 11 is 1.43. The highest BCUT2D eigenvalue weighted by atomic mass is 32.1. The number of benzene rings is 1. The van der Waals surface area contributed by atoms with Crippen LogP contribution in [0.3, 0.4) is 0 Å². The number of hydrogen-bond acceptors (Lipinski definition) is 5. The molecular formula is C16H18N2O4S. The molecule has 2 rings (SSSR count). The normalized spacial score (nSPS) is 12.0. The van der Waals surface area contributed by atoms with Crippen molar-refractivity contribution >= 4 is 22.9 Å².